The Morgan fingerprint density at radius 3 is 2.47 bits per heavy atom. The van der Waals surface area contributed by atoms with Gasteiger partial charge in [0.2, 0.25) is 0 Å². The highest BCUT2D eigenvalue weighted by atomic mass is 16.5. The maximum atomic E-state index is 11.5. The molecule has 0 bridgehead atoms. The molecule has 0 radical (unpaired) electrons. The van der Waals surface area contributed by atoms with Gasteiger partial charge in [-0.1, -0.05) is 20.8 Å². The van der Waals surface area contributed by atoms with Crippen LogP contribution in [-0.4, -0.2) is 23.1 Å². The van der Waals surface area contributed by atoms with Gasteiger partial charge in [0.05, 0.1) is 0 Å². The van der Waals surface area contributed by atoms with Crippen LogP contribution in [0.1, 0.15) is 101 Å². The normalized spacial score (nSPS) is 47.7. The predicted octanol–water partition coefficient (Wildman–Crippen LogP) is 6.08. The number of carbonyl (C=O) groups is 2. The molecule has 0 amide bonds. The van der Waals surface area contributed by atoms with E-state index in [0.717, 1.165) is 37.5 Å². The monoisotopic (exact) mass is 420 g/mol. The molecule has 0 aromatic carbocycles. The highest BCUT2D eigenvalue weighted by Crippen LogP contribution is 2.68. The Bertz CT molecular complexity index is 754. The van der Waals surface area contributed by atoms with E-state index in [0.29, 0.717) is 23.2 Å². The van der Waals surface area contributed by atoms with Crippen LogP contribution in [0, 0.1) is 46.3 Å². The number of rotatable bonds is 5. The number of esters is 1. The van der Waals surface area contributed by atoms with E-state index in [1.54, 1.807) is 0 Å². The van der Waals surface area contributed by atoms with Crippen molar-refractivity contribution in [3.63, 3.8) is 0 Å². The molecule has 0 heterocycles. The van der Waals surface area contributed by atoms with Crippen LogP contribution in [0.3, 0.4) is 0 Å². The molecule has 0 aliphatic heterocycles. The number of carboxylic acid groups (broad SMARTS) is 1. The van der Waals surface area contributed by atoms with Gasteiger partial charge in [-0.15, -0.1) is 0 Å². The fraction of sp³-hybridized carbons (Fsp3) is 0.923. The number of fused-ring (bicyclic) bond motifs is 5. The van der Waals surface area contributed by atoms with E-state index < -0.39 is 12.3 Å². The minimum absolute atomic E-state index is 0.0822. The van der Waals surface area contributed by atoms with E-state index in [-0.39, 0.29) is 29.8 Å². The quantitative estimate of drug-likeness (QED) is 0.548. The first-order valence-electron chi connectivity index (χ1n) is 13.3. The lowest BCUT2D eigenvalue weighted by Gasteiger charge is -2.61. The number of carboxylic acids is 1. The van der Waals surface area contributed by atoms with Gasteiger partial charge in [-0.3, -0.25) is 9.59 Å². The van der Waals surface area contributed by atoms with Crippen LogP contribution in [0.25, 0.3) is 0 Å². The largest absolute Gasteiger partial charge is 0.481 e. The predicted molar refractivity (Wildman–Crippen MR) is 117 cm³/mol. The van der Waals surface area contributed by atoms with Crippen LogP contribution in [0.2, 0.25) is 0 Å². The molecule has 0 spiro atoms. The summed E-state index contributed by atoms with van der Waals surface area (Å²) < 4.78 is 21.5. The third kappa shape index (κ3) is 3.71. The summed E-state index contributed by atoms with van der Waals surface area (Å²) in [5.41, 5.74) is 0.540. The van der Waals surface area contributed by atoms with Crippen molar-refractivity contribution in [1.29, 1.82) is 0 Å². The van der Waals surface area contributed by atoms with Crippen molar-refractivity contribution >= 4 is 11.9 Å². The van der Waals surface area contributed by atoms with E-state index in [9.17, 15) is 14.7 Å². The van der Waals surface area contributed by atoms with Crippen molar-refractivity contribution in [2.24, 2.45) is 46.3 Å². The average Bonchev–Trinajstić information content (AvgIpc) is 3.05. The summed E-state index contributed by atoms with van der Waals surface area (Å²) in [4.78, 5) is 22.8. The lowest BCUT2D eigenvalue weighted by Crippen LogP contribution is -2.54. The van der Waals surface area contributed by atoms with Crippen LogP contribution in [0.5, 0.6) is 0 Å². The van der Waals surface area contributed by atoms with Crippen molar-refractivity contribution in [2.75, 3.05) is 0 Å². The lowest BCUT2D eigenvalue weighted by molar-refractivity contribution is -0.160. The summed E-state index contributed by atoms with van der Waals surface area (Å²) in [5.74, 6) is 1.79. The van der Waals surface area contributed by atoms with Crippen LogP contribution in [0.4, 0.5) is 0 Å². The molecule has 170 valence electrons. The highest BCUT2D eigenvalue weighted by molar-refractivity contribution is 5.66. The van der Waals surface area contributed by atoms with E-state index in [1.165, 1.54) is 39.0 Å². The molecule has 4 heteroatoms. The third-order valence-electron chi connectivity index (χ3n) is 10.3. The van der Waals surface area contributed by atoms with Gasteiger partial charge in [0.15, 0.2) is 0 Å². The molecule has 4 rings (SSSR count). The molecule has 0 saturated heterocycles. The Labute approximate surface area is 185 Å². The summed E-state index contributed by atoms with van der Waals surface area (Å²) in [6.07, 6.45) is 8.44. The molecule has 4 saturated carbocycles. The van der Waals surface area contributed by atoms with Crippen molar-refractivity contribution in [2.45, 2.75) is 104 Å². The van der Waals surface area contributed by atoms with E-state index in [1.807, 2.05) is 0 Å². The molecule has 4 fully saturated rings. The van der Waals surface area contributed by atoms with Crippen LogP contribution < -0.4 is 0 Å². The van der Waals surface area contributed by atoms with Crippen molar-refractivity contribution in [3.05, 3.63) is 0 Å². The first-order valence-corrected chi connectivity index (χ1v) is 12.3. The third-order valence-corrected chi connectivity index (χ3v) is 10.3. The standard InChI is InChI=1S/C26H42O4/c1-16(5-10-24(28)29)21-8-9-22-20-7-6-18-15-19(30-17(2)27)11-13-25(18,3)23(20)12-14-26(21,22)4/h16,18-23H,5-15H2,1-4H3,(H,28,29)/t16-,18-,19-,20+,21-,22+,23+,25+,26-/m1/s1/i10D2. The number of hydrogen-bond donors (Lipinski definition) is 1. The fourth-order valence-electron chi connectivity index (χ4n) is 8.93. The minimum atomic E-state index is -2.14. The van der Waals surface area contributed by atoms with Gasteiger partial charge in [0, 0.05) is 16.0 Å². The Balaban J connectivity index is 1.48. The second-order valence-electron chi connectivity index (χ2n) is 11.6. The zero-order chi connectivity index (χ0) is 23.5. The van der Waals surface area contributed by atoms with Crippen molar-refractivity contribution in [1.82, 2.24) is 0 Å². The molecule has 0 unspecified atom stereocenters. The second kappa shape index (κ2) is 8.13. The molecule has 9 atom stereocenters. The molecular weight excluding hydrogens is 376 g/mol. The first kappa shape index (κ1) is 19.6. The Morgan fingerprint density at radius 1 is 1.07 bits per heavy atom. The molecule has 4 nitrogen and oxygen atoms in total. The summed E-state index contributed by atoms with van der Waals surface area (Å²) in [7, 11) is 0. The summed E-state index contributed by atoms with van der Waals surface area (Å²) >= 11 is 0. The van der Waals surface area contributed by atoms with Gasteiger partial charge in [0.25, 0.3) is 0 Å². The number of carbonyl (C=O) groups excluding carboxylic acids is 1. The van der Waals surface area contributed by atoms with E-state index in [4.69, 9.17) is 7.48 Å². The number of ether oxygens (including phenoxy) is 1. The summed E-state index contributed by atoms with van der Waals surface area (Å²) in [5, 5.41) is 9.29. The molecule has 4 aliphatic carbocycles. The topological polar surface area (TPSA) is 63.6 Å². The van der Waals surface area contributed by atoms with Crippen molar-refractivity contribution in [3.8, 4) is 0 Å². The number of aliphatic carboxylic acids is 1. The van der Waals surface area contributed by atoms with Crippen LogP contribution >= 0.6 is 0 Å². The zero-order valence-corrected chi connectivity index (χ0v) is 19.3. The van der Waals surface area contributed by atoms with Gasteiger partial charge < -0.3 is 9.84 Å². The van der Waals surface area contributed by atoms with Gasteiger partial charge >= 0.3 is 11.9 Å². The second-order valence-corrected chi connectivity index (χ2v) is 11.6. The van der Waals surface area contributed by atoms with Crippen LogP contribution in [-0.2, 0) is 14.3 Å². The smallest absolute Gasteiger partial charge is 0.303 e. The molecule has 0 aromatic rings. The Kier molecular flexibility index (Phi) is 5.32. The van der Waals surface area contributed by atoms with Crippen molar-refractivity contribution < 1.29 is 22.2 Å². The maximum Gasteiger partial charge on any atom is 0.303 e. The van der Waals surface area contributed by atoms with Crippen LogP contribution in [0.15, 0.2) is 0 Å². The summed E-state index contributed by atoms with van der Waals surface area (Å²) in [6.45, 7) is 8.55. The summed E-state index contributed by atoms with van der Waals surface area (Å²) in [6, 6.07) is 0. The van der Waals surface area contributed by atoms with E-state index in [2.05, 4.69) is 20.8 Å². The van der Waals surface area contributed by atoms with Gasteiger partial charge in [0.1, 0.15) is 6.10 Å². The molecule has 0 aromatic heterocycles. The zero-order valence-electron chi connectivity index (χ0n) is 21.3. The highest BCUT2D eigenvalue weighted by Gasteiger charge is 2.60. The lowest BCUT2D eigenvalue weighted by atomic mass is 9.44. The Morgan fingerprint density at radius 2 is 1.77 bits per heavy atom. The SMILES string of the molecule is [2H]C([2H])(C[C@@H](C)[C@H]1CC[C@H]2[C@@H]3CC[C@@H]4C[C@H](OC(C)=O)CC[C@]4(C)[C@H]3CC[C@]12C)C(=O)O. The van der Waals surface area contributed by atoms with Gasteiger partial charge in [-0.2, -0.15) is 0 Å². The molecular formula is C26H42O4. The maximum absolute atomic E-state index is 11.5. The minimum Gasteiger partial charge on any atom is -0.481 e. The van der Waals surface area contributed by atoms with Gasteiger partial charge in [-0.05, 0) is 111 Å². The Hall–Kier alpha value is -1.06. The number of hydrogen-bond acceptors (Lipinski definition) is 3. The molecule has 30 heavy (non-hydrogen) atoms. The first-order chi connectivity index (χ1) is 14.9. The van der Waals surface area contributed by atoms with E-state index >= 15 is 0 Å². The fourth-order valence-corrected chi connectivity index (χ4v) is 8.93. The van der Waals surface area contributed by atoms with Gasteiger partial charge in [-0.25, -0.2) is 0 Å². The molecule has 1 N–H and O–H groups in total. The average molecular weight is 421 g/mol. The molecule has 4 aliphatic rings.